The van der Waals surface area contributed by atoms with E-state index in [0.717, 1.165) is 0 Å². The molecule has 0 saturated heterocycles. The average Bonchev–Trinajstić information content (AvgIpc) is 2.28. The van der Waals surface area contributed by atoms with Crippen LogP contribution in [0.2, 0.25) is 0 Å². The van der Waals surface area contributed by atoms with Gasteiger partial charge >= 0.3 is 5.97 Å². The summed E-state index contributed by atoms with van der Waals surface area (Å²) in [6.07, 6.45) is 1.39. The number of anilines is 1. The number of pyridine rings is 1. The third kappa shape index (κ3) is 2.94. The molecule has 0 aliphatic carbocycles. The van der Waals surface area contributed by atoms with Crippen molar-refractivity contribution in [2.45, 2.75) is 0 Å². The number of esters is 1. The van der Waals surface area contributed by atoms with Crippen molar-refractivity contribution < 1.29 is 14.3 Å². The van der Waals surface area contributed by atoms with Crippen molar-refractivity contribution in [3.63, 3.8) is 0 Å². The predicted molar refractivity (Wildman–Crippen MR) is 57.6 cm³/mol. The summed E-state index contributed by atoms with van der Waals surface area (Å²) in [4.78, 5) is 27.8. The van der Waals surface area contributed by atoms with Gasteiger partial charge in [-0.05, 0) is 12.1 Å². The predicted octanol–water partition coefficient (Wildman–Crippen LogP) is -0.0912. The lowest BCUT2D eigenvalue weighted by Gasteiger charge is -2.14. The zero-order valence-corrected chi connectivity index (χ0v) is 9.14. The van der Waals surface area contributed by atoms with Crippen LogP contribution in [0, 0.1) is 0 Å². The molecule has 0 atom stereocenters. The van der Waals surface area contributed by atoms with Crippen molar-refractivity contribution in [2.75, 3.05) is 26.4 Å². The van der Waals surface area contributed by atoms with Crippen LogP contribution >= 0.6 is 0 Å². The molecule has 0 saturated carbocycles. The highest BCUT2D eigenvalue weighted by Crippen LogP contribution is 2.03. The third-order valence-corrected chi connectivity index (χ3v) is 1.95. The molecule has 6 heteroatoms. The first-order valence-corrected chi connectivity index (χ1v) is 4.58. The van der Waals surface area contributed by atoms with E-state index < -0.39 is 5.97 Å². The third-order valence-electron chi connectivity index (χ3n) is 1.95. The van der Waals surface area contributed by atoms with Crippen LogP contribution in [0.4, 0.5) is 5.69 Å². The van der Waals surface area contributed by atoms with Crippen LogP contribution in [-0.2, 0) is 9.53 Å². The molecule has 0 aromatic carbocycles. The number of amides is 1. The van der Waals surface area contributed by atoms with Crippen molar-refractivity contribution in [1.29, 1.82) is 0 Å². The first-order valence-electron chi connectivity index (χ1n) is 4.58. The van der Waals surface area contributed by atoms with E-state index in [4.69, 9.17) is 5.73 Å². The van der Waals surface area contributed by atoms with E-state index >= 15 is 0 Å². The van der Waals surface area contributed by atoms with Crippen molar-refractivity contribution in [1.82, 2.24) is 9.88 Å². The molecule has 1 rings (SSSR count). The Labute approximate surface area is 93.0 Å². The fraction of sp³-hybridized carbons (Fsp3) is 0.300. The number of methoxy groups -OCH3 is 1. The second kappa shape index (κ2) is 5.11. The normalized spacial score (nSPS) is 9.62. The van der Waals surface area contributed by atoms with Gasteiger partial charge in [-0.25, -0.2) is 4.98 Å². The van der Waals surface area contributed by atoms with Crippen LogP contribution in [0.5, 0.6) is 0 Å². The lowest BCUT2D eigenvalue weighted by Crippen LogP contribution is -2.33. The SMILES string of the molecule is COC(=O)CN(C)C(=O)c1ccc(N)cn1. The van der Waals surface area contributed by atoms with Crippen LogP contribution in [0.1, 0.15) is 10.5 Å². The highest BCUT2D eigenvalue weighted by molar-refractivity contribution is 5.94. The Balaban J connectivity index is 2.70. The minimum absolute atomic E-state index is 0.110. The molecule has 0 bridgehead atoms. The lowest BCUT2D eigenvalue weighted by atomic mass is 10.3. The largest absolute Gasteiger partial charge is 0.468 e. The van der Waals surface area contributed by atoms with E-state index in [1.807, 2.05) is 0 Å². The van der Waals surface area contributed by atoms with Gasteiger partial charge in [-0.2, -0.15) is 0 Å². The zero-order chi connectivity index (χ0) is 12.1. The van der Waals surface area contributed by atoms with Crippen molar-refractivity contribution in [3.05, 3.63) is 24.0 Å². The molecule has 0 spiro atoms. The molecule has 1 amide bonds. The van der Waals surface area contributed by atoms with Gasteiger partial charge in [0.2, 0.25) is 0 Å². The summed E-state index contributed by atoms with van der Waals surface area (Å²) in [7, 11) is 2.76. The van der Waals surface area contributed by atoms with Gasteiger partial charge in [-0.3, -0.25) is 9.59 Å². The molecule has 2 N–H and O–H groups in total. The molecule has 0 unspecified atom stereocenters. The van der Waals surface area contributed by atoms with Crippen LogP contribution in [0.3, 0.4) is 0 Å². The van der Waals surface area contributed by atoms with Crippen LogP contribution < -0.4 is 5.73 Å². The highest BCUT2D eigenvalue weighted by atomic mass is 16.5. The van der Waals surface area contributed by atoms with Gasteiger partial charge in [0.25, 0.3) is 5.91 Å². The topological polar surface area (TPSA) is 85.5 Å². The van der Waals surface area contributed by atoms with Gasteiger partial charge in [0, 0.05) is 7.05 Å². The van der Waals surface area contributed by atoms with E-state index in [1.54, 1.807) is 6.07 Å². The van der Waals surface area contributed by atoms with Crippen molar-refractivity contribution >= 4 is 17.6 Å². The zero-order valence-electron chi connectivity index (χ0n) is 9.14. The number of carbonyl (C=O) groups excluding carboxylic acids is 2. The summed E-state index contributed by atoms with van der Waals surface area (Å²) in [6, 6.07) is 3.08. The van der Waals surface area contributed by atoms with Gasteiger partial charge in [-0.15, -0.1) is 0 Å². The van der Waals surface area contributed by atoms with Crippen LogP contribution in [-0.4, -0.2) is 42.5 Å². The molecule has 86 valence electrons. The van der Waals surface area contributed by atoms with Gasteiger partial charge in [0.05, 0.1) is 19.0 Å². The van der Waals surface area contributed by atoms with Crippen molar-refractivity contribution in [3.8, 4) is 0 Å². The summed E-state index contributed by atoms with van der Waals surface area (Å²) < 4.78 is 4.45. The molecule has 1 heterocycles. The van der Waals surface area contributed by atoms with Gasteiger partial charge in [-0.1, -0.05) is 0 Å². The number of aromatic nitrogens is 1. The quantitative estimate of drug-likeness (QED) is 0.724. The number of nitrogens with two attached hydrogens (primary N) is 1. The Morgan fingerprint density at radius 1 is 1.50 bits per heavy atom. The van der Waals surface area contributed by atoms with Crippen LogP contribution in [0.15, 0.2) is 18.3 Å². The Hall–Kier alpha value is -2.11. The Bertz CT molecular complexity index is 389. The number of hydrogen-bond donors (Lipinski definition) is 1. The minimum Gasteiger partial charge on any atom is -0.468 e. The highest BCUT2D eigenvalue weighted by Gasteiger charge is 2.15. The van der Waals surface area contributed by atoms with E-state index in [-0.39, 0.29) is 18.1 Å². The molecule has 0 aliphatic heterocycles. The molecule has 0 aliphatic rings. The number of nitrogen functional groups attached to an aromatic ring is 1. The maximum atomic E-state index is 11.7. The number of rotatable bonds is 3. The monoisotopic (exact) mass is 223 g/mol. The average molecular weight is 223 g/mol. The maximum Gasteiger partial charge on any atom is 0.325 e. The number of hydrogen-bond acceptors (Lipinski definition) is 5. The van der Waals surface area contributed by atoms with Gasteiger partial charge in [0.1, 0.15) is 12.2 Å². The van der Waals surface area contributed by atoms with Gasteiger partial charge < -0.3 is 15.4 Å². The summed E-state index contributed by atoms with van der Waals surface area (Å²) >= 11 is 0. The fourth-order valence-corrected chi connectivity index (χ4v) is 1.06. The maximum absolute atomic E-state index is 11.7. The fourth-order valence-electron chi connectivity index (χ4n) is 1.06. The Kier molecular flexibility index (Phi) is 3.82. The Morgan fingerprint density at radius 3 is 2.69 bits per heavy atom. The number of carbonyl (C=O) groups is 2. The molecular formula is C10H13N3O3. The number of ether oxygens (including phenoxy) is 1. The summed E-state index contributed by atoms with van der Waals surface area (Å²) in [5, 5.41) is 0. The first kappa shape index (κ1) is 12.0. The summed E-state index contributed by atoms with van der Waals surface area (Å²) in [5.41, 5.74) is 6.16. The Morgan fingerprint density at radius 2 is 2.19 bits per heavy atom. The summed E-state index contributed by atoms with van der Waals surface area (Å²) in [6.45, 7) is -0.110. The molecule has 0 fully saturated rings. The molecule has 1 aromatic rings. The molecule has 16 heavy (non-hydrogen) atoms. The van der Waals surface area contributed by atoms with Gasteiger partial charge in [0.15, 0.2) is 0 Å². The second-order valence-electron chi connectivity index (χ2n) is 3.21. The number of likely N-dealkylation sites (N-methyl/N-ethyl adjacent to an activating group) is 1. The van der Waals surface area contributed by atoms with Crippen LogP contribution in [0.25, 0.3) is 0 Å². The van der Waals surface area contributed by atoms with E-state index in [9.17, 15) is 9.59 Å². The lowest BCUT2D eigenvalue weighted by molar-refractivity contribution is -0.141. The minimum atomic E-state index is -0.480. The molecule has 6 nitrogen and oxygen atoms in total. The number of nitrogens with zero attached hydrogens (tertiary/aromatic N) is 2. The van der Waals surface area contributed by atoms with Crippen molar-refractivity contribution in [2.24, 2.45) is 0 Å². The van der Waals surface area contributed by atoms with E-state index in [2.05, 4.69) is 9.72 Å². The van der Waals surface area contributed by atoms with E-state index in [1.165, 1.54) is 31.3 Å². The molecule has 1 aromatic heterocycles. The standard InChI is InChI=1S/C10H13N3O3/c1-13(6-9(14)16-2)10(15)8-4-3-7(11)5-12-8/h3-5H,6,11H2,1-2H3. The second-order valence-corrected chi connectivity index (χ2v) is 3.21. The summed E-state index contributed by atoms with van der Waals surface area (Å²) in [5.74, 6) is -0.836. The first-order chi connectivity index (χ1) is 7.54. The smallest absolute Gasteiger partial charge is 0.325 e. The molecule has 0 radical (unpaired) electrons. The van der Waals surface area contributed by atoms with E-state index in [0.29, 0.717) is 5.69 Å². The molecular weight excluding hydrogens is 210 g/mol.